The van der Waals surface area contributed by atoms with Gasteiger partial charge in [-0.1, -0.05) is 48.5 Å². The Morgan fingerprint density at radius 2 is 1.55 bits per heavy atom. The fraction of sp³-hybridized carbons (Fsp3) is 0.200. The Morgan fingerprint density at radius 1 is 0.848 bits per heavy atom. The van der Waals surface area contributed by atoms with Crippen LogP contribution in [-0.2, 0) is 21.2 Å². The van der Waals surface area contributed by atoms with Gasteiger partial charge in [0.05, 0.1) is 23.2 Å². The van der Waals surface area contributed by atoms with Crippen molar-refractivity contribution in [2.75, 3.05) is 26.2 Å². The van der Waals surface area contributed by atoms with E-state index in [4.69, 9.17) is 0 Å². The number of aromatic nitrogens is 2. The van der Waals surface area contributed by atoms with Crippen LogP contribution in [0.4, 0.5) is 0 Å². The van der Waals surface area contributed by atoms with E-state index in [1.165, 1.54) is 4.31 Å². The highest BCUT2D eigenvalue weighted by atomic mass is 32.2. The maximum absolute atomic E-state index is 13.1. The normalized spacial score (nSPS) is 15.1. The van der Waals surface area contributed by atoms with E-state index in [2.05, 4.69) is 5.10 Å². The summed E-state index contributed by atoms with van der Waals surface area (Å²) in [4.78, 5) is 14.8. The second-order valence-corrected chi connectivity index (χ2v) is 10.0. The molecule has 7 nitrogen and oxygen atoms in total. The standard InChI is InChI=1S/C25H24N4O3S/c30-25(16-20-18-26-29(19-20)23-8-2-1-3-9-23)27-12-14-28(15-13-27)33(31,32)24-11-10-21-6-4-5-7-22(21)17-24/h1-11,17-19H,12-16H2. The Balaban J connectivity index is 1.22. The highest BCUT2D eigenvalue weighted by Crippen LogP contribution is 2.23. The van der Waals surface area contributed by atoms with Crippen molar-refractivity contribution < 1.29 is 13.2 Å². The van der Waals surface area contributed by atoms with Gasteiger partial charge < -0.3 is 4.90 Å². The fourth-order valence-corrected chi connectivity index (χ4v) is 5.57. The molecule has 0 N–H and O–H groups in total. The van der Waals surface area contributed by atoms with Gasteiger partial charge in [-0.05, 0) is 40.6 Å². The molecule has 1 aromatic heterocycles. The third kappa shape index (κ3) is 4.40. The van der Waals surface area contributed by atoms with Crippen LogP contribution in [0.1, 0.15) is 5.56 Å². The zero-order valence-electron chi connectivity index (χ0n) is 18.0. The Hall–Kier alpha value is -3.49. The Labute approximate surface area is 192 Å². The molecular formula is C25H24N4O3S. The molecule has 5 rings (SSSR count). The minimum atomic E-state index is -3.61. The molecule has 0 spiro atoms. The van der Waals surface area contributed by atoms with Crippen LogP contribution >= 0.6 is 0 Å². The van der Waals surface area contributed by atoms with Gasteiger partial charge in [-0.25, -0.2) is 13.1 Å². The Bertz CT molecular complexity index is 1390. The molecule has 8 heteroatoms. The summed E-state index contributed by atoms with van der Waals surface area (Å²) in [6, 6.07) is 22.6. The van der Waals surface area contributed by atoms with Crippen LogP contribution < -0.4 is 0 Å². The molecule has 3 aromatic carbocycles. The molecule has 1 saturated heterocycles. The van der Waals surface area contributed by atoms with Gasteiger partial charge in [0.1, 0.15) is 0 Å². The van der Waals surface area contributed by atoms with Gasteiger partial charge in [0.2, 0.25) is 15.9 Å². The number of carbonyl (C=O) groups is 1. The number of fused-ring (bicyclic) bond motifs is 1. The molecule has 1 amide bonds. The van der Waals surface area contributed by atoms with Crippen molar-refractivity contribution >= 4 is 26.7 Å². The largest absolute Gasteiger partial charge is 0.340 e. The van der Waals surface area contributed by atoms with Crippen LogP contribution in [0.3, 0.4) is 0 Å². The smallest absolute Gasteiger partial charge is 0.243 e. The summed E-state index contributed by atoms with van der Waals surface area (Å²) in [6.07, 6.45) is 3.79. The van der Waals surface area contributed by atoms with Gasteiger partial charge in [0.15, 0.2) is 0 Å². The van der Waals surface area contributed by atoms with Crippen molar-refractivity contribution in [1.82, 2.24) is 19.0 Å². The van der Waals surface area contributed by atoms with Crippen molar-refractivity contribution in [3.05, 3.63) is 90.8 Å². The van der Waals surface area contributed by atoms with Crippen molar-refractivity contribution in [2.45, 2.75) is 11.3 Å². The number of amides is 1. The molecular weight excluding hydrogens is 436 g/mol. The van der Waals surface area contributed by atoms with E-state index in [0.29, 0.717) is 13.1 Å². The summed E-state index contributed by atoms with van der Waals surface area (Å²) in [5.41, 5.74) is 1.76. The summed E-state index contributed by atoms with van der Waals surface area (Å²) in [7, 11) is -3.61. The molecule has 2 heterocycles. The average Bonchev–Trinajstić information content (AvgIpc) is 3.33. The lowest BCUT2D eigenvalue weighted by molar-refractivity contribution is -0.131. The molecule has 1 aliphatic heterocycles. The van der Waals surface area contributed by atoms with Crippen LogP contribution in [0.2, 0.25) is 0 Å². The predicted octanol–water partition coefficient (Wildman–Crippen LogP) is 3.10. The monoisotopic (exact) mass is 460 g/mol. The van der Waals surface area contributed by atoms with Gasteiger partial charge in [0, 0.05) is 32.4 Å². The van der Waals surface area contributed by atoms with Crippen molar-refractivity contribution in [3.63, 3.8) is 0 Å². The molecule has 0 saturated carbocycles. The predicted molar refractivity (Wildman–Crippen MR) is 127 cm³/mol. The fourth-order valence-electron chi connectivity index (χ4n) is 4.11. The maximum Gasteiger partial charge on any atom is 0.243 e. The quantitative estimate of drug-likeness (QED) is 0.459. The second kappa shape index (κ2) is 8.80. The Kier molecular flexibility index (Phi) is 5.70. The molecule has 1 aliphatic rings. The van der Waals surface area contributed by atoms with E-state index in [9.17, 15) is 13.2 Å². The van der Waals surface area contributed by atoms with Gasteiger partial charge in [-0.15, -0.1) is 0 Å². The second-order valence-electron chi connectivity index (χ2n) is 8.10. The number of rotatable bonds is 5. The first-order valence-corrected chi connectivity index (χ1v) is 12.3. The van der Waals surface area contributed by atoms with Crippen molar-refractivity contribution in [3.8, 4) is 5.69 Å². The van der Waals surface area contributed by atoms with Crippen LogP contribution in [-0.4, -0.2) is 59.5 Å². The zero-order valence-corrected chi connectivity index (χ0v) is 18.9. The molecule has 4 aromatic rings. The Morgan fingerprint density at radius 3 is 2.30 bits per heavy atom. The lowest BCUT2D eigenvalue weighted by atomic mass is 10.1. The number of hydrogen-bond donors (Lipinski definition) is 0. The third-order valence-electron chi connectivity index (χ3n) is 5.96. The van der Waals surface area contributed by atoms with E-state index < -0.39 is 10.0 Å². The lowest BCUT2D eigenvalue weighted by Crippen LogP contribution is -2.50. The number of nitrogens with zero attached hydrogens (tertiary/aromatic N) is 4. The molecule has 0 atom stereocenters. The molecule has 0 aliphatic carbocycles. The van der Waals surface area contributed by atoms with Crippen LogP contribution in [0.5, 0.6) is 0 Å². The first-order valence-electron chi connectivity index (χ1n) is 10.9. The first kappa shape index (κ1) is 21.4. The highest BCUT2D eigenvalue weighted by molar-refractivity contribution is 7.89. The summed E-state index contributed by atoms with van der Waals surface area (Å²) >= 11 is 0. The van der Waals surface area contributed by atoms with E-state index in [1.54, 1.807) is 27.9 Å². The molecule has 0 bridgehead atoms. The topological polar surface area (TPSA) is 75.5 Å². The minimum Gasteiger partial charge on any atom is -0.340 e. The summed E-state index contributed by atoms with van der Waals surface area (Å²) < 4.78 is 29.5. The van der Waals surface area contributed by atoms with Crippen LogP contribution in [0.25, 0.3) is 16.5 Å². The average molecular weight is 461 g/mol. The molecule has 0 unspecified atom stereocenters. The summed E-state index contributed by atoms with van der Waals surface area (Å²) in [6.45, 7) is 1.31. The maximum atomic E-state index is 13.1. The summed E-state index contributed by atoms with van der Waals surface area (Å²) in [5, 5.41) is 6.24. The van der Waals surface area contributed by atoms with E-state index in [0.717, 1.165) is 22.0 Å². The van der Waals surface area contributed by atoms with Gasteiger partial charge in [-0.3, -0.25) is 4.79 Å². The number of hydrogen-bond acceptors (Lipinski definition) is 4. The summed E-state index contributed by atoms with van der Waals surface area (Å²) in [5.74, 6) is -0.0228. The third-order valence-corrected chi connectivity index (χ3v) is 7.86. The van der Waals surface area contributed by atoms with Gasteiger partial charge in [-0.2, -0.15) is 9.40 Å². The number of sulfonamides is 1. The number of benzene rings is 3. The molecule has 0 radical (unpaired) electrons. The van der Waals surface area contributed by atoms with Crippen molar-refractivity contribution in [1.29, 1.82) is 0 Å². The molecule has 168 valence electrons. The lowest BCUT2D eigenvalue weighted by Gasteiger charge is -2.34. The van der Waals surface area contributed by atoms with E-state index in [-0.39, 0.29) is 30.3 Å². The number of piperazine rings is 1. The number of para-hydroxylation sites is 1. The minimum absolute atomic E-state index is 0.0228. The van der Waals surface area contributed by atoms with Crippen LogP contribution in [0.15, 0.2) is 90.1 Å². The van der Waals surface area contributed by atoms with E-state index >= 15 is 0 Å². The SMILES string of the molecule is O=C(Cc1cnn(-c2ccccc2)c1)N1CCN(S(=O)(=O)c2ccc3ccccc3c2)CC1. The number of carbonyl (C=O) groups excluding carboxylic acids is 1. The van der Waals surface area contributed by atoms with Crippen molar-refractivity contribution in [2.24, 2.45) is 0 Å². The zero-order chi connectivity index (χ0) is 22.8. The van der Waals surface area contributed by atoms with Crippen LogP contribution in [0, 0.1) is 0 Å². The van der Waals surface area contributed by atoms with E-state index in [1.807, 2.05) is 66.9 Å². The highest BCUT2D eigenvalue weighted by Gasteiger charge is 2.30. The van der Waals surface area contributed by atoms with Gasteiger partial charge >= 0.3 is 0 Å². The molecule has 33 heavy (non-hydrogen) atoms. The van der Waals surface area contributed by atoms with Gasteiger partial charge in [0.25, 0.3) is 0 Å². The first-order chi connectivity index (χ1) is 16.0. The molecule has 1 fully saturated rings.